The van der Waals surface area contributed by atoms with Gasteiger partial charge in [0.25, 0.3) is 0 Å². The van der Waals surface area contributed by atoms with Gasteiger partial charge in [-0.15, -0.1) is 0 Å². The molecular weight excluding hydrogens is 328 g/mol. The number of hydrogen-bond donors (Lipinski definition) is 0. The van der Waals surface area contributed by atoms with Gasteiger partial charge < -0.3 is 9.47 Å². The molecule has 0 rings (SSSR count). The fraction of sp³-hybridized carbons (Fsp3) is 0.909. The first-order valence-corrected chi connectivity index (χ1v) is 11.0. The minimum Gasteiger partial charge on any atom is -0.425 e. The normalized spacial score (nSPS) is 12.0. The Labute approximate surface area is 161 Å². The first-order chi connectivity index (χ1) is 12.6. The van der Waals surface area contributed by atoms with Gasteiger partial charge in [-0.05, 0) is 19.3 Å². The Bertz CT molecular complexity index is 341. The second kappa shape index (κ2) is 18.7. The zero-order valence-electron chi connectivity index (χ0n) is 17.5. The molecule has 0 aromatic carbocycles. The summed E-state index contributed by atoms with van der Waals surface area (Å²) in [6.07, 6.45) is 15.2. The molecule has 0 N–H and O–H groups in total. The summed E-state index contributed by atoms with van der Waals surface area (Å²) < 4.78 is 10.7. The van der Waals surface area contributed by atoms with E-state index in [0.717, 1.165) is 38.5 Å². The third-order valence-corrected chi connectivity index (χ3v) is 4.52. The van der Waals surface area contributed by atoms with Crippen LogP contribution in [-0.2, 0) is 19.1 Å². The predicted octanol–water partition coefficient (Wildman–Crippen LogP) is 6.70. The van der Waals surface area contributed by atoms with Gasteiger partial charge in [0.15, 0.2) is 0 Å². The van der Waals surface area contributed by atoms with Crippen LogP contribution in [0.1, 0.15) is 124 Å². The smallest absolute Gasteiger partial charge is 0.308 e. The quantitative estimate of drug-likeness (QED) is 0.153. The van der Waals surface area contributed by atoms with E-state index in [0.29, 0.717) is 19.3 Å². The van der Waals surface area contributed by atoms with Crippen molar-refractivity contribution in [3.8, 4) is 0 Å². The van der Waals surface area contributed by atoms with Crippen molar-refractivity contribution in [1.82, 2.24) is 0 Å². The molecule has 0 heterocycles. The molecule has 0 saturated carbocycles. The minimum absolute atomic E-state index is 0.243. The number of carbonyl (C=O) groups is 2. The van der Waals surface area contributed by atoms with Crippen LogP contribution < -0.4 is 0 Å². The summed E-state index contributed by atoms with van der Waals surface area (Å²) in [6, 6.07) is 0. The fourth-order valence-corrected chi connectivity index (χ4v) is 2.89. The van der Waals surface area contributed by atoms with E-state index < -0.39 is 6.29 Å². The number of ether oxygens (including phenoxy) is 2. The van der Waals surface area contributed by atoms with Crippen LogP contribution in [0.15, 0.2) is 0 Å². The molecular formula is C22H42O4. The standard InChI is InChI=1S/C22H42O4/c1-4-7-9-11-12-14-16-19-21(24)26-22(17-6-3)25-20(23)18-15-13-10-8-5-2/h22H,4-19H2,1-3H3. The summed E-state index contributed by atoms with van der Waals surface area (Å²) in [5.74, 6) is -0.489. The van der Waals surface area contributed by atoms with E-state index in [1.807, 2.05) is 6.92 Å². The van der Waals surface area contributed by atoms with Gasteiger partial charge in [0.1, 0.15) is 0 Å². The van der Waals surface area contributed by atoms with Crippen molar-refractivity contribution in [1.29, 1.82) is 0 Å². The molecule has 4 heteroatoms. The molecule has 0 spiro atoms. The van der Waals surface area contributed by atoms with E-state index in [1.54, 1.807) is 0 Å². The van der Waals surface area contributed by atoms with Gasteiger partial charge in [0, 0.05) is 19.3 Å². The van der Waals surface area contributed by atoms with Crippen LogP contribution in [0.2, 0.25) is 0 Å². The maximum atomic E-state index is 12.0. The minimum atomic E-state index is -0.708. The number of esters is 2. The highest BCUT2D eigenvalue weighted by Gasteiger charge is 2.17. The van der Waals surface area contributed by atoms with E-state index in [1.165, 1.54) is 44.9 Å². The first-order valence-electron chi connectivity index (χ1n) is 11.0. The molecule has 0 fully saturated rings. The van der Waals surface area contributed by atoms with Crippen LogP contribution in [0.25, 0.3) is 0 Å². The molecule has 4 nitrogen and oxygen atoms in total. The molecule has 0 aromatic heterocycles. The van der Waals surface area contributed by atoms with Crippen molar-refractivity contribution in [2.24, 2.45) is 0 Å². The van der Waals surface area contributed by atoms with Crippen molar-refractivity contribution >= 4 is 11.9 Å². The van der Waals surface area contributed by atoms with Crippen molar-refractivity contribution in [2.45, 2.75) is 130 Å². The van der Waals surface area contributed by atoms with Crippen LogP contribution in [0, 0.1) is 0 Å². The lowest BCUT2D eigenvalue weighted by molar-refractivity contribution is -0.189. The average molecular weight is 371 g/mol. The van der Waals surface area contributed by atoms with Gasteiger partial charge in [0.2, 0.25) is 6.29 Å². The summed E-state index contributed by atoms with van der Waals surface area (Å²) in [7, 11) is 0. The highest BCUT2D eigenvalue weighted by molar-refractivity contribution is 5.71. The number of carbonyl (C=O) groups excluding carboxylic acids is 2. The Balaban J connectivity index is 3.87. The van der Waals surface area contributed by atoms with Crippen molar-refractivity contribution in [3.63, 3.8) is 0 Å². The Hall–Kier alpha value is -1.06. The largest absolute Gasteiger partial charge is 0.425 e. The molecule has 0 aliphatic rings. The van der Waals surface area contributed by atoms with Crippen LogP contribution in [0.4, 0.5) is 0 Å². The summed E-state index contributed by atoms with van der Waals surface area (Å²) in [4.78, 5) is 23.9. The topological polar surface area (TPSA) is 52.6 Å². The van der Waals surface area contributed by atoms with Crippen LogP contribution in [-0.4, -0.2) is 18.2 Å². The lowest BCUT2D eigenvalue weighted by Crippen LogP contribution is -2.24. The maximum Gasteiger partial charge on any atom is 0.308 e. The SMILES string of the molecule is CCCCCCCCCC(=O)OC(CCC)OC(=O)CCCCCCC. The summed E-state index contributed by atoms with van der Waals surface area (Å²) in [6.45, 7) is 6.38. The molecule has 1 unspecified atom stereocenters. The fourth-order valence-electron chi connectivity index (χ4n) is 2.89. The number of hydrogen-bond acceptors (Lipinski definition) is 4. The first kappa shape index (κ1) is 24.9. The van der Waals surface area contributed by atoms with Crippen molar-refractivity contribution in [2.75, 3.05) is 0 Å². The zero-order valence-corrected chi connectivity index (χ0v) is 17.5. The van der Waals surface area contributed by atoms with E-state index in [2.05, 4.69) is 13.8 Å². The lowest BCUT2D eigenvalue weighted by atomic mass is 10.1. The number of rotatable bonds is 18. The summed E-state index contributed by atoms with van der Waals surface area (Å²) in [5.41, 5.74) is 0. The van der Waals surface area contributed by atoms with Crippen molar-refractivity contribution in [3.05, 3.63) is 0 Å². The van der Waals surface area contributed by atoms with E-state index in [4.69, 9.17) is 9.47 Å². The Kier molecular flexibility index (Phi) is 18.0. The molecule has 0 bridgehead atoms. The van der Waals surface area contributed by atoms with Crippen molar-refractivity contribution < 1.29 is 19.1 Å². The van der Waals surface area contributed by atoms with Gasteiger partial charge in [0.05, 0.1) is 0 Å². The molecule has 0 amide bonds. The van der Waals surface area contributed by atoms with Gasteiger partial charge in [-0.1, -0.05) is 85.0 Å². The average Bonchev–Trinajstić information content (AvgIpc) is 2.61. The second-order valence-corrected chi connectivity index (χ2v) is 7.23. The number of unbranched alkanes of at least 4 members (excludes halogenated alkanes) is 10. The van der Waals surface area contributed by atoms with E-state index >= 15 is 0 Å². The molecule has 0 saturated heterocycles. The van der Waals surface area contributed by atoms with E-state index in [-0.39, 0.29) is 11.9 Å². The third-order valence-electron chi connectivity index (χ3n) is 4.52. The summed E-state index contributed by atoms with van der Waals surface area (Å²) >= 11 is 0. The highest BCUT2D eigenvalue weighted by Crippen LogP contribution is 2.13. The Morgan fingerprint density at radius 2 is 0.962 bits per heavy atom. The maximum absolute atomic E-state index is 12.0. The van der Waals surface area contributed by atoms with Gasteiger partial charge in [-0.25, -0.2) is 0 Å². The lowest BCUT2D eigenvalue weighted by Gasteiger charge is -2.17. The molecule has 154 valence electrons. The van der Waals surface area contributed by atoms with E-state index in [9.17, 15) is 9.59 Å². The molecule has 0 aromatic rings. The molecule has 0 aliphatic heterocycles. The predicted molar refractivity (Wildman–Crippen MR) is 107 cm³/mol. The zero-order chi connectivity index (χ0) is 19.5. The monoisotopic (exact) mass is 370 g/mol. The highest BCUT2D eigenvalue weighted by atomic mass is 16.7. The second-order valence-electron chi connectivity index (χ2n) is 7.23. The summed E-state index contributed by atoms with van der Waals surface area (Å²) in [5, 5.41) is 0. The van der Waals surface area contributed by atoms with Crippen LogP contribution >= 0.6 is 0 Å². The molecule has 26 heavy (non-hydrogen) atoms. The van der Waals surface area contributed by atoms with Gasteiger partial charge in [-0.2, -0.15) is 0 Å². The molecule has 0 radical (unpaired) electrons. The molecule has 0 aliphatic carbocycles. The Morgan fingerprint density at radius 1 is 0.577 bits per heavy atom. The third kappa shape index (κ3) is 16.4. The van der Waals surface area contributed by atoms with Gasteiger partial charge in [-0.3, -0.25) is 9.59 Å². The Morgan fingerprint density at radius 3 is 1.35 bits per heavy atom. The van der Waals surface area contributed by atoms with Gasteiger partial charge >= 0.3 is 11.9 Å². The molecule has 1 atom stereocenters. The van der Waals surface area contributed by atoms with Crippen LogP contribution in [0.3, 0.4) is 0 Å². The van der Waals surface area contributed by atoms with Crippen LogP contribution in [0.5, 0.6) is 0 Å².